The maximum Gasteiger partial charge on any atom is 0.274 e. The van der Waals surface area contributed by atoms with Gasteiger partial charge in [-0.2, -0.15) is 5.10 Å². The smallest absolute Gasteiger partial charge is 0.274 e. The van der Waals surface area contributed by atoms with Gasteiger partial charge in [0.05, 0.1) is 18.7 Å². The lowest BCUT2D eigenvalue weighted by Crippen LogP contribution is -2.33. The molecule has 8 nitrogen and oxygen atoms in total. The molecule has 0 saturated heterocycles. The van der Waals surface area contributed by atoms with Crippen molar-refractivity contribution in [3.05, 3.63) is 93.8 Å². The summed E-state index contributed by atoms with van der Waals surface area (Å²) < 4.78 is 15.1. The molecule has 4 rings (SSSR count). The lowest BCUT2D eigenvalue weighted by molar-refractivity contribution is -0.128. The number of aryl methyl sites for hydroxylation is 1. The maximum atomic E-state index is 13.9. The van der Waals surface area contributed by atoms with Crippen LogP contribution in [0.5, 0.6) is 0 Å². The van der Waals surface area contributed by atoms with Crippen molar-refractivity contribution in [2.24, 2.45) is 0 Å². The van der Waals surface area contributed by atoms with E-state index in [9.17, 15) is 18.8 Å². The van der Waals surface area contributed by atoms with Crippen LogP contribution in [0.1, 0.15) is 23.5 Å². The molecule has 0 spiro atoms. The summed E-state index contributed by atoms with van der Waals surface area (Å²) in [5.41, 5.74) is 2.74. The van der Waals surface area contributed by atoms with E-state index < -0.39 is 17.6 Å². The van der Waals surface area contributed by atoms with E-state index in [4.69, 9.17) is 5.11 Å². The summed E-state index contributed by atoms with van der Waals surface area (Å²) in [6.45, 7) is 1.68. The number of halogens is 1. The molecule has 0 radical (unpaired) electrons. The van der Waals surface area contributed by atoms with Crippen molar-refractivity contribution in [2.45, 2.75) is 25.8 Å². The number of benzene rings is 2. The summed E-state index contributed by atoms with van der Waals surface area (Å²) in [5, 5.41) is 16.0. The third-order valence-corrected chi connectivity index (χ3v) is 6.01. The number of carbonyl (C=O) groups is 2. The summed E-state index contributed by atoms with van der Waals surface area (Å²) in [5.74, 6) is -1.64. The second kappa shape index (κ2) is 10.0. The van der Waals surface area contributed by atoms with Crippen molar-refractivity contribution in [3.8, 4) is 11.1 Å². The van der Waals surface area contributed by atoms with Crippen LogP contribution < -0.4 is 10.9 Å². The largest absolute Gasteiger partial charge is 0.394 e. The van der Waals surface area contributed by atoms with Gasteiger partial charge in [-0.15, -0.1) is 0 Å². The second-order valence-corrected chi connectivity index (χ2v) is 8.38. The Hall–Kier alpha value is -4.11. The summed E-state index contributed by atoms with van der Waals surface area (Å²) >= 11 is 0. The Morgan fingerprint density at radius 3 is 2.74 bits per heavy atom. The molecule has 9 heteroatoms. The van der Waals surface area contributed by atoms with Crippen LogP contribution in [-0.4, -0.2) is 45.3 Å². The van der Waals surface area contributed by atoms with Crippen LogP contribution in [0.2, 0.25) is 0 Å². The number of aliphatic hydroxyl groups is 1. The van der Waals surface area contributed by atoms with Crippen LogP contribution in [0.15, 0.2) is 71.3 Å². The molecule has 1 aliphatic heterocycles. The zero-order chi connectivity index (χ0) is 25.1. The molecule has 0 aliphatic carbocycles. The van der Waals surface area contributed by atoms with Gasteiger partial charge in [0.2, 0.25) is 5.91 Å². The number of hydrogen-bond acceptors (Lipinski definition) is 5. The number of carbonyl (C=O) groups excluding carboxylic acids is 2. The molecule has 2 aromatic carbocycles. The monoisotopic (exact) mass is 476 g/mol. The van der Waals surface area contributed by atoms with Crippen molar-refractivity contribution >= 4 is 17.5 Å². The SMILES string of the molecule is Cc1ccc(-c2ccnn(CCO)c2=O)cc1NC(=O)C1=CN(C)C(=O)C[C@H]1c1cccc(F)c1. The van der Waals surface area contributed by atoms with E-state index in [0.29, 0.717) is 28.0 Å². The highest BCUT2D eigenvalue weighted by Crippen LogP contribution is 2.34. The lowest BCUT2D eigenvalue weighted by Gasteiger charge is -2.28. The molecule has 1 atom stereocenters. The molecule has 1 aliphatic rings. The van der Waals surface area contributed by atoms with Crippen molar-refractivity contribution < 1.29 is 19.1 Å². The Morgan fingerprint density at radius 1 is 1.20 bits per heavy atom. The molecule has 2 heterocycles. The fourth-order valence-corrected chi connectivity index (χ4v) is 4.08. The number of aromatic nitrogens is 2. The Bertz CT molecular complexity index is 1380. The molecular weight excluding hydrogens is 451 g/mol. The van der Waals surface area contributed by atoms with Gasteiger partial charge in [0, 0.05) is 43.0 Å². The van der Waals surface area contributed by atoms with Crippen molar-refractivity contribution in [3.63, 3.8) is 0 Å². The van der Waals surface area contributed by atoms with E-state index in [1.165, 1.54) is 34.1 Å². The highest BCUT2D eigenvalue weighted by atomic mass is 19.1. The van der Waals surface area contributed by atoms with E-state index in [1.54, 1.807) is 43.4 Å². The van der Waals surface area contributed by atoms with Crippen LogP contribution in [0, 0.1) is 12.7 Å². The van der Waals surface area contributed by atoms with Gasteiger partial charge in [0.1, 0.15) is 5.82 Å². The number of anilines is 1. The van der Waals surface area contributed by atoms with E-state index in [1.807, 2.05) is 6.92 Å². The number of rotatable bonds is 6. The Kier molecular flexibility index (Phi) is 6.88. The fourth-order valence-electron chi connectivity index (χ4n) is 4.08. The van der Waals surface area contributed by atoms with E-state index in [2.05, 4.69) is 10.4 Å². The average Bonchev–Trinajstić information content (AvgIpc) is 2.83. The summed E-state index contributed by atoms with van der Waals surface area (Å²) in [6, 6.07) is 12.7. The topological polar surface area (TPSA) is 105 Å². The van der Waals surface area contributed by atoms with Gasteiger partial charge in [0.25, 0.3) is 11.5 Å². The zero-order valence-corrected chi connectivity index (χ0v) is 19.4. The molecule has 0 bridgehead atoms. The lowest BCUT2D eigenvalue weighted by atomic mass is 9.85. The molecule has 2 N–H and O–H groups in total. The van der Waals surface area contributed by atoms with Crippen molar-refractivity contribution in [1.82, 2.24) is 14.7 Å². The molecule has 0 unspecified atom stereocenters. The first-order chi connectivity index (χ1) is 16.8. The van der Waals surface area contributed by atoms with Crippen LogP contribution in [0.4, 0.5) is 10.1 Å². The molecule has 0 saturated carbocycles. The second-order valence-electron chi connectivity index (χ2n) is 8.38. The van der Waals surface area contributed by atoms with Crippen LogP contribution in [0.25, 0.3) is 11.1 Å². The van der Waals surface area contributed by atoms with Crippen LogP contribution in [-0.2, 0) is 16.1 Å². The fraction of sp³-hybridized carbons (Fsp3) is 0.231. The van der Waals surface area contributed by atoms with E-state index >= 15 is 0 Å². The predicted molar refractivity (Wildman–Crippen MR) is 129 cm³/mol. The molecule has 2 amide bonds. The Labute approximate surface area is 201 Å². The Morgan fingerprint density at radius 2 is 2.00 bits per heavy atom. The zero-order valence-electron chi connectivity index (χ0n) is 19.4. The minimum atomic E-state index is -0.594. The van der Waals surface area contributed by atoms with Crippen molar-refractivity contribution in [1.29, 1.82) is 0 Å². The predicted octanol–water partition coefficient (Wildman–Crippen LogP) is 2.82. The molecule has 1 aromatic heterocycles. The van der Waals surface area contributed by atoms with Gasteiger partial charge >= 0.3 is 0 Å². The third-order valence-electron chi connectivity index (χ3n) is 6.01. The number of nitrogens with one attached hydrogen (secondary N) is 1. The summed E-state index contributed by atoms with van der Waals surface area (Å²) in [7, 11) is 1.57. The average molecular weight is 477 g/mol. The number of amides is 2. The number of nitrogens with zero attached hydrogens (tertiary/aromatic N) is 3. The molecule has 180 valence electrons. The van der Waals surface area contributed by atoms with E-state index in [0.717, 1.165) is 5.56 Å². The first-order valence-electron chi connectivity index (χ1n) is 11.1. The molecule has 3 aromatic rings. The normalized spacial score (nSPS) is 15.7. The molecule has 0 fully saturated rings. The van der Waals surface area contributed by atoms with Gasteiger partial charge < -0.3 is 15.3 Å². The number of aliphatic hydroxyl groups excluding tert-OH is 1. The van der Waals surface area contributed by atoms with Gasteiger partial charge in [-0.3, -0.25) is 14.4 Å². The quantitative estimate of drug-likeness (QED) is 0.569. The minimum Gasteiger partial charge on any atom is -0.394 e. The standard InChI is InChI=1S/C26H25FN4O4/c1-16-6-7-18(20-8-9-28-31(10-11-32)26(20)35)13-23(16)29-25(34)22-15-30(2)24(33)14-21(22)17-4-3-5-19(27)12-17/h3-9,12-13,15,21,32H,10-11,14H2,1-2H3,(H,29,34)/t21-/m0/s1. The van der Waals surface area contributed by atoms with Gasteiger partial charge in [-0.05, 0) is 47.9 Å². The van der Waals surface area contributed by atoms with Gasteiger partial charge in [0.15, 0.2) is 0 Å². The first kappa shape index (κ1) is 24.0. The molecule has 35 heavy (non-hydrogen) atoms. The van der Waals surface area contributed by atoms with Crippen molar-refractivity contribution in [2.75, 3.05) is 19.0 Å². The highest BCUT2D eigenvalue weighted by molar-refractivity contribution is 6.07. The van der Waals surface area contributed by atoms with Gasteiger partial charge in [-0.25, -0.2) is 9.07 Å². The van der Waals surface area contributed by atoms with Crippen LogP contribution in [0.3, 0.4) is 0 Å². The van der Waals surface area contributed by atoms with Crippen LogP contribution >= 0.6 is 0 Å². The number of hydrogen-bond donors (Lipinski definition) is 2. The summed E-state index contributed by atoms with van der Waals surface area (Å²) in [4.78, 5) is 39.8. The van der Waals surface area contributed by atoms with E-state index in [-0.39, 0.29) is 31.0 Å². The first-order valence-corrected chi connectivity index (χ1v) is 11.1. The highest BCUT2D eigenvalue weighted by Gasteiger charge is 2.31. The Balaban J connectivity index is 1.68. The molecular formula is C26H25FN4O4. The third kappa shape index (κ3) is 5.04. The minimum absolute atomic E-state index is 0.0413. The summed E-state index contributed by atoms with van der Waals surface area (Å²) in [6.07, 6.45) is 3.00. The maximum absolute atomic E-state index is 13.9. The van der Waals surface area contributed by atoms with Gasteiger partial charge in [-0.1, -0.05) is 24.3 Å².